The molecule has 3 aromatic rings. The number of likely N-dealkylation sites (tertiary alicyclic amines) is 1. The maximum atomic E-state index is 14.7. The van der Waals surface area contributed by atoms with Gasteiger partial charge in [0.15, 0.2) is 5.76 Å². The lowest BCUT2D eigenvalue weighted by atomic mass is 9.76. The third kappa shape index (κ3) is 3.59. The zero-order chi connectivity index (χ0) is 22.1. The zero-order valence-electron chi connectivity index (χ0n) is 18.3. The molecule has 2 fully saturated rings. The van der Waals surface area contributed by atoms with Gasteiger partial charge < -0.3 is 9.42 Å². The Bertz CT molecular complexity index is 1110. The average Bonchev–Trinajstić information content (AvgIpc) is 3.49. The number of hydrogen-bond acceptors (Lipinski definition) is 5. The van der Waals surface area contributed by atoms with E-state index >= 15 is 0 Å². The minimum Gasteiger partial charge on any atom is -0.356 e. The van der Waals surface area contributed by atoms with Crippen LogP contribution in [0, 0.1) is 12.7 Å². The zero-order valence-corrected chi connectivity index (χ0v) is 18.3. The Hall–Kier alpha value is -3.09. The van der Waals surface area contributed by atoms with Crippen LogP contribution in [0.1, 0.15) is 61.4 Å². The number of nitrogens with zero attached hydrogens (tertiary/aromatic N) is 4. The second-order valence-electron chi connectivity index (χ2n) is 8.99. The average molecular weight is 435 g/mol. The first-order valence-electron chi connectivity index (χ1n) is 11.4. The Kier molecular flexibility index (Phi) is 5.49. The fourth-order valence-corrected chi connectivity index (χ4v) is 5.43. The van der Waals surface area contributed by atoms with Crippen LogP contribution in [0.5, 0.6) is 0 Å². The van der Waals surface area contributed by atoms with Gasteiger partial charge in [-0.15, -0.1) is 0 Å². The van der Waals surface area contributed by atoms with Gasteiger partial charge in [0.1, 0.15) is 12.1 Å². The summed E-state index contributed by atoms with van der Waals surface area (Å²) >= 11 is 0. The van der Waals surface area contributed by atoms with E-state index in [-0.39, 0.29) is 17.6 Å². The summed E-state index contributed by atoms with van der Waals surface area (Å²) in [5, 5.41) is 3.99. The maximum Gasteiger partial charge on any atom is 0.233 e. The molecule has 0 bridgehead atoms. The molecule has 3 heterocycles. The molecule has 166 valence electrons. The Morgan fingerprint density at radius 2 is 1.94 bits per heavy atom. The minimum absolute atomic E-state index is 0.0762. The number of carbonyl (C=O) groups is 1. The fraction of sp³-hybridized carbons (Fsp3) is 0.440. The lowest BCUT2D eigenvalue weighted by Gasteiger charge is -2.39. The predicted molar refractivity (Wildman–Crippen MR) is 117 cm³/mol. The second kappa shape index (κ2) is 8.45. The molecule has 32 heavy (non-hydrogen) atoms. The van der Waals surface area contributed by atoms with Gasteiger partial charge in [0.2, 0.25) is 5.91 Å². The van der Waals surface area contributed by atoms with E-state index in [4.69, 9.17) is 4.52 Å². The van der Waals surface area contributed by atoms with E-state index in [1.165, 1.54) is 6.07 Å². The van der Waals surface area contributed by atoms with Crippen molar-refractivity contribution in [3.05, 3.63) is 65.6 Å². The van der Waals surface area contributed by atoms with E-state index < -0.39 is 5.41 Å². The molecule has 1 amide bonds. The van der Waals surface area contributed by atoms with E-state index in [1.807, 2.05) is 24.0 Å². The Balaban J connectivity index is 1.35. The summed E-state index contributed by atoms with van der Waals surface area (Å²) in [6, 6.07) is 8.67. The molecule has 2 aliphatic rings. The number of carbonyl (C=O) groups excluding carboxylic acids is 1. The van der Waals surface area contributed by atoms with Crippen molar-refractivity contribution in [3.63, 3.8) is 0 Å². The van der Waals surface area contributed by atoms with Gasteiger partial charge in [0.25, 0.3) is 0 Å². The Morgan fingerprint density at radius 3 is 2.62 bits per heavy atom. The van der Waals surface area contributed by atoms with E-state index in [0.717, 1.165) is 42.6 Å². The molecule has 0 atom stereocenters. The third-order valence-corrected chi connectivity index (χ3v) is 7.06. The number of rotatable bonds is 4. The Labute approximate surface area is 186 Å². The quantitative estimate of drug-likeness (QED) is 0.590. The lowest BCUT2D eigenvalue weighted by molar-refractivity contribution is -0.138. The summed E-state index contributed by atoms with van der Waals surface area (Å²) in [5.74, 6) is 0.675. The molecule has 1 saturated heterocycles. The SMILES string of the molecule is Cc1cc(-c2cncnc2C2CCN(C(=O)C3(c4ccccc4F)CCCC3)CC2)on1. The molecular weight excluding hydrogens is 407 g/mol. The molecule has 0 N–H and O–H groups in total. The number of benzene rings is 1. The van der Waals surface area contributed by atoms with Gasteiger partial charge in [-0.2, -0.15) is 0 Å². The van der Waals surface area contributed by atoms with Crippen LogP contribution in [-0.2, 0) is 10.2 Å². The van der Waals surface area contributed by atoms with Crippen LogP contribution in [0.4, 0.5) is 4.39 Å². The molecule has 1 aliphatic carbocycles. The maximum absolute atomic E-state index is 14.7. The molecular formula is C25H27FN4O2. The van der Waals surface area contributed by atoms with Crippen LogP contribution in [0.2, 0.25) is 0 Å². The third-order valence-electron chi connectivity index (χ3n) is 7.06. The van der Waals surface area contributed by atoms with Gasteiger partial charge in [-0.1, -0.05) is 36.2 Å². The van der Waals surface area contributed by atoms with E-state index in [9.17, 15) is 9.18 Å². The van der Waals surface area contributed by atoms with Crippen molar-refractivity contribution in [1.29, 1.82) is 0 Å². The standard InChI is InChI=1S/C25H27FN4O2/c1-17-14-22(32-29-17)19-15-27-16-28-23(19)18-8-12-30(13-9-18)24(31)25(10-4-5-11-25)20-6-2-3-7-21(20)26/h2-3,6-7,14-16,18H,4-5,8-13H2,1H3. The topological polar surface area (TPSA) is 72.1 Å². The van der Waals surface area contributed by atoms with Gasteiger partial charge in [-0.25, -0.2) is 14.4 Å². The van der Waals surface area contributed by atoms with E-state index in [1.54, 1.807) is 24.7 Å². The number of piperidine rings is 1. The van der Waals surface area contributed by atoms with Crippen LogP contribution in [-0.4, -0.2) is 39.0 Å². The van der Waals surface area contributed by atoms with Crippen molar-refractivity contribution in [1.82, 2.24) is 20.0 Å². The molecule has 2 aromatic heterocycles. The van der Waals surface area contributed by atoms with E-state index in [2.05, 4.69) is 15.1 Å². The van der Waals surface area contributed by atoms with Crippen LogP contribution >= 0.6 is 0 Å². The van der Waals surface area contributed by atoms with Gasteiger partial charge in [0.05, 0.1) is 22.4 Å². The smallest absolute Gasteiger partial charge is 0.233 e. The highest BCUT2D eigenvalue weighted by molar-refractivity contribution is 5.89. The summed E-state index contributed by atoms with van der Waals surface area (Å²) in [7, 11) is 0. The molecule has 0 unspecified atom stereocenters. The van der Waals surface area contributed by atoms with Gasteiger partial charge >= 0.3 is 0 Å². The predicted octanol–water partition coefficient (Wildman–Crippen LogP) is 4.80. The van der Waals surface area contributed by atoms with Crippen molar-refractivity contribution in [2.75, 3.05) is 13.1 Å². The minimum atomic E-state index is -0.727. The first-order chi connectivity index (χ1) is 15.6. The lowest BCUT2D eigenvalue weighted by Crippen LogP contribution is -2.48. The number of hydrogen-bond donors (Lipinski definition) is 0. The highest BCUT2D eigenvalue weighted by atomic mass is 19.1. The largest absolute Gasteiger partial charge is 0.356 e. The van der Waals surface area contributed by atoms with Gasteiger partial charge in [-0.05, 0) is 38.7 Å². The van der Waals surface area contributed by atoms with Crippen molar-refractivity contribution in [2.45, 2.75) is 56.8 Å². The van der Waals surface area contributed by atoms with E-state index in [0.29, 0.717) is 37.3 Å². The molecule has 1 aliphatic heterocycles. The van der Waals surface area contributed by atoms with Crippen LogP contribution in [0.25, 0.3) is 11.3 Å². The summed E-state index contributed by atoms with van der Waals surface area (Å²) in [4.78, 5) is 24.4. The highest BCUT2D eigenvalue weighted by Gasteiger charge is 2.47. The van der Waals surface area contributed by atoms with Crippen molar-refractivity contribution in [3.8, 4) is 11.3 Å². The second-order valence-corrected chi connectivity index (χ2v) is 8.99. The number of aromatic nitrogens is 3. The molecule has 5 rings (SSSR count). The van der Waals surface area contributed by atoms with Crippen LogP contribution in [0.3, 0.4) is 0 Å². The number of aryl methyl sites for hydroxylation is 1. The molecule has 7 heteroatoms. The van der Waals surface area contributed by atoms with Gasteiger partial charge in [-0.3, -0.25) is 4.79 Å². The van der Waals surface area contributed by atoms with Gasteiger partial charge in [0, 0.05) is 36.8 Å². The fourth-order valence-electron chi connectivity index (χ4n) is 5.43. The molecule has 1 saturated carbocycles. The Morgan fingerprint density at radius 1 is 1.19 bits per heavy atom. The van der Waals surface area contributed by atoms with Crippen LogP contribution < -0.4 is 0 Å². The molecule has 6 nitrogen and oxygen atoms in total. The first-order valence-corrected chi connectivity index (χ1v) is 11.4. The normalized spacial score (nSPS) is 18.8. The monoisotopic (exact) mass is 434 g/mol. The van der Waals surface area contributed by atoms with Crippen molar-refractivity contribution < 1.29 is 13.7 Å². The summed E-state index contributed by atoms with van der Waals surface area (Å²) in [5.41, 5.74) is 2.44. The summed E-state index contributed by atoms with van der Waals surface area (Å²) in [6.07, 6.45) is 8.28. The van der Waals surface area contributed by atoms with Crippen LogP contribution in [0.15, 0.2) is 47.4 Å². The summed E-state index contributed by atoms with van der Waals surface area (Å²) in [6.45, 7) is 3.16. The summed E-state index contributed by atoms with van der Waals surface area (Å²) < 4.78 is 20.2. The molecule has 1 aromatic carbocycles. The van der Waals surface area contributed by atoms with Crippen molar-refractivity contribution >= 4 is 5.91 Å². The van der Waals surface area contributed by atoms with Crippen molar-refractivity contribution in [2.24, 2.45) is 0 Å². The molecule has 0 radical (unpaired) electrons. The number of amides is 1. The highest BCUT2D eigenvalue weighted by Crippen LogP contribution is 2.44. The first kappa shape index (κ1) is 20.8. The number of halogens is 1. The molecule has 0 spiro atoms.